The van der Waals surface area contributed by atoms with Gasteiger partial charge in [-0.15, -0.1) is 0 Å². The van der Waals surface area contributed by atoms with Crippen LogP contribution in [-0.4, -0.2) is 24.5 Å². The Labute approximate surface area is 157 Å². The second kappa shape index (κ2) is 7.61. The highest BCUT2D eigenvalue weighted by Crippen LogP contribution is 2.35. The van der Waals surface area contributed by atoms with E-state index < -0.39 is 0 Å². The van der Waals surface area contributed by atoms with Crippen LogP contribution in [0.25, 0.3) is 10.9 Å². The minimum atomic E-state index is 0.0409. The van der Waals surface area contributed by atoms with E-state index in [2.05, 4.69) is 4.98 Å². The minimum absolute atomic E-state index is 0.0409. The fourth-order valence-corrected chi connectivity index (χ4v) is 3.03. The number of nitrogens with two attached hydrogens (primary N) is 1. The molecule has 0 spiro atoms. The number of rotatable bonds is 7. The van der Waals surface area contributed by atoms with E-state index >= 15 is 0 Å². The van der Waals surface area contributed by atoms with Gasteiger partial charge in [0.1, 0.15) is 22.8 Å². The van der Waals surface area contributed by atoms with Gasteiger partial charge in [-0.2, -0.15) is 0 Å². The standard InChI is InChI=1S/C21H22N2O4/c1-14(27-18-6-2-5-15-7-10-20(22)23-21(15)18)4-3-11-24-16-8-9-17-19(12-16)26-13-25-17/h2,5-10,12,14H,3-4,11,13H2,1H3,(H2,22,23). The Bertz CT molecular complexity index is 945. The fraction of sp³-hybridized carbons (Fsp3) is 0.286. The van der Waals surface area contributed by atoms with Gasteiger partial charge < -0.3 is 24.7 Å². The van der Waals surface area contributed by atoms with E-state index in [1.165, 1.54) is 0 Å². The third-order valence-corrected chi connectivity index (χ3v) is 4.40. The zero-order valence-electron chi connectivity index (χ0n) is 15.2. The quantitative estimate of drug-likeness (QED) is 0.633. The highest BCUT2D eigenvalue weighted by Gasteiger charge is 2.14. The van der Waals surface area contributed by atoms with Gasteiger partial charge in [-0.3, -0.25) is 0 Å². The predicted octanol–water partition coefficient (Wildman–Crippen LogP) is 4.17. The van der Waals surface area contributed by atoms with Crippen molar-refractivity contribution in [3.05, 3.63) is 48.5 Å². The summed E-state index contributed by atoms with van der Waals surface area (Å²) in [5.41, 5.74) is 6.60. The van der Waals surface area contributed by atoms with E-state index in [4.69, 9.17) is 24.7 Å². The lowest BCUT2D eigenvalue weighted by atomic mass is 10.2. The van der Waals surface area contributed by atoms with E-state index in [9.17, 15) is 0 Å². The monoisotopic (exact) mass is 366 g/mol. The van der Waals surface area contributed by atoms with Crippen molar-refractivity contribution in [1.29, 1.82) is 0 Å². The van der Waals surface area contributed by atoms with Crippen molar-refractivity contribution >= 4 is 16.7 Å². The number of nitrogens with zero attached hydrogens (tertiary/aromatic N) is 1. The van der Waals surface area contributed by atoms with Crippen LogP contribution in [0.5, 0.6) is 23.0 Å². The predicted molar refractivity (Wildman–Crippen MR) is 104 cm³/mol. The van der Waals surface area contributed by atoms with Crippen molar-refractivity contribution in [1.82, 2.24) is 4.98 Å². The average Bonchev–Trinajstić information content (AvgIpc) is 3.13. The number of ether oxygens (including phenoxy) is 4. The molecule has 2 heterocycles. The van der Waals surface area contributed by atoms with Gasteiger partial charge >= 0.3 is 0 Å². The van der Waals surface area contributed by atoms with E-state index in [1.807, 2.05) is 49.4 Å². The number of pyridine rings is 1. The molecule has 0 saturated heterocycles. The Morgan fingerprint density at radius 3 is 2.93 bits per heavy atom. The minimum Gasteiger partial charge on any atom is -0.493 e. The summed E-state index contributed by atoms with van der Waals surface area (Å²) in [5.74, 6) is 3.51. The molecule has 1 aromatic heterocycles. The average molecular weight is 366 g/mol. The maximum atomic E-state index is 6.09. The first-order chi connectivity index (χ1) is 13.2. The van der Waals surface area contributed by atoms with Gasteiger partial charge in [-0.1, -0.05) is 12.1 Å². The highest BCUT2D eigenvalue weighted by molar-refractivity contribution is 5.85. The van der Waals surface area contributed by atoms with Crippen LogP contribution in [0.2, 0.25) is 0 Å². The van der Waals surface area contributed by atoms with Gasteiger partial charge in [0.15, 0.2) is 11.5 Å². The number of hydrogen-bond donors (Lipinski definition) is 1. The Morgan fingerprint density at radius 1 is 1.11 bits per heavy atom. The van der Waals surface area contributed by atoms with Gasteiger partial charge in [0.2, 0.25) is 6.79 Å². The molecule has 1 atom stereocenters. The van der Waals surface area contributed by atoms with Gasteiger partial charge in [0.05, 0.1) is 12.7 Å². The summed E-state index contributed by atoms with van der Waals surface area (Å²) in [6, 6.07) is 15.2. The van der Waals surface area contributed by atoms with Crippen LogP contribution in [0.15, 0.2) is 48.5 Å². The van der Waals surface area contributed by atoms with Crippen LogP contribution in [0.4, 0.5) is 5.82 Å². The molecule has 0 fully saturated rings. The lowest BCUT2D eigenvalue weighted by molar-refractivity contribution is 0.173. The zero-order valence-corrected chi connectivity index (χ0v) is 15.2. The lowest BCUT2D eigenvalue weighted by Gasteiger charge is -2.16. The number of nitrogen functional groups attached to an aromatic ring is 1. The fourth-order valence-electron chi connectivity index (χ4n) is 3.03. The molecule has 2 aromatic carbocycles. The molecular weight excluding hydrogens is 344 g/mol. The van der Waals surface area contributed by atoms with E-state index in [-0.39, 0.29) is 12.9 Å². The molecule has 4 rings (SSSR count). The molecule has 3 aromatic rings. The van der Waals surface area contributed by atoms with Gasteiger partial charge in [0.25, 0.3) is 0 Å². The molecule has 2 N–H and O–H groups in total. The molecule has 1 aliphatic rings. The largest absolute Gasteiger partial charge is 0.493 e. The van der Waals surface area contributed by atoms with Crippen LogP contribution in [0, 0.1) is 0 Å². The highest BCUT2D eigenvalue weighted by atomic mass is 16.7. The number of aromatic nitrogens is 1. The topological polar surface area (TPSA) is 75.8 Å². The second-order valence-corrected chi connectivity index (χ2v) is 6.50. The Balaban J connectivity index is 1.29. The number of hydrogen-bond acceptors (Lipinski definition) is 6. The maximum Gasteiger partial charge on any atom is 0.231 e. The zero-order chi connectivity index (χ0) is 18.6. The summed E-state index contributed by atoms with van der Waals surface area (Å²) in [6.07, 6.45) is 1.78. The summed E-state index contributed by atoms with van der Waals surface area (Å²) >= 11 is 0. The molecule has 0 amide bonds. The van der Waals surface area contributed by atoms with Crippen LogP contribution in [0.3, 0.4) is 0 Å². The summed E-state index contributed by atoms with van der Waals surface area (Å²) in [7, 11) is 0. The van der Waals surface area contributed by atoms with Crippen molar-refractivity contribution in [2.24, 2.45) is 0 Å². The molecule has 140 valence electrons. The first-order valence-corrected chi connectivity index (χ1v) is 9.03. The normalized spacial score (nSPS) is 13.5. The first-order valence-electron chi connectivity index (χ1n) is 9.03. The van der Waals surface area contributed by atoms with Crippen LogP contribution in [-0.2, 0) is 0 Å². The van der Waals surface area contributed by atoms with Crippen LogP contribution >= 0.6 is 0 Å². The van der Waals surface area contributed by atoms with Crippen LogP contribution in [0.1, 0.15) is 19.8 Å². The van der Waals surface area contributed by atoms with Crippen molar-refractivity contribution < 1.29 is 18.9 Å². The number of benzene rings is 2. The van der Waals surface area contributed by atoms with Crippen LogP contribution < -0.4 is 24.7 Å². The number of para-hydroxylation sites is 1. The van der Waals surface area contributed by atoms with Gasteiger partial charge in [-0.25, -0.2) is 4.98 Å². The molecule has 1 unspecified atom stereocenters. The number of anilines is 1. The first kappa shape index (κ1) is 17.3. The summed E-state index contributed by atoms with van der Waals surface area (Å²) in [5, 5.41) is 1.01. The van der Waals surface area contributed by atoms with E-state index in [0.29, 0.717) is 12.4 Å². The van der Waals surface area contributed by atoms with Crippen molar-refractivity contribution in [2.75, 3.05) is 19.1 Å². The molecule has 0 radical (unpaired) electrons. The van der Waals surface area contributed by atoms with Crippen molar-refractivity contribution in [3.63, 3.8) is 0 Å². The molecule has 1 aliphatic heterocycles. The molecule has 6 nitrogen and oxygen atoms in total. The summed E-state index contributed by atoms with van der Waals surface area (Å²) in [4.78, 5) is 4.40. The molecule has 27 heavy (non-hydrogen) atoms. The molecular formula is C21H22N2O4. The van der Waals surface area contributed by atoms with E-state index in [0.717, 1.165) is 46.7 Å². The number of fused-ring (bicyclic) bond motifs is 2. The molecule has 0 aliphatic carbocycles. The summed E-state index contributed by atoms with van der Waals surface area (Å²) < 4.78 is 22.5. The van der Waals surface area contributed by atoms with Crippen molar-refractivity contribution in [3.8, 4) is 23.0 Å². The van der Waals surface area contributed by atoms with Gasteiger partial charge in [0, 0.05) is 11.5 Å². The third-order valence-electron chi connectivity index (χ3n) is 4.40. The Kier molecular flexibility index (Phi) is 4.87. The Morgan fingerprint density at radius 2 is 2.00 bits per heavy atom. The Hall–Kier alpha value is -3.15. The molecule has 0 bridgehead atoms. The van der Waals surface area contributed by atoms with Gasteiger partial charge in [-0.05, 0) is 50.1 Å². The van der Waals surface area contributed by atoms with Crippen molar-refractivity contribution in [2.45, 2.75) is 25.9 Å². The maximum absolute atomic E-state index is 6.09. The smallest absolute Gasteiger partial charge is 0.231 e. The molecule has 6 heteroatoms. The molecule has 0 saturated carbocycles. The third kappa shape index (κ3) is 4.00. The van der Waals surface area contributed by atoms with E-state index in [1.54, 1.807) is 6.07 Å². The second-order valence-electron chi connectivity index (χ2n) is 6.50. The summed E-state index contributed by atoms with van der Waals surface area (Å²) in [6.45, 7) is 2.92. The SMILES string of the molecule is CC(CCCOc1ccc2c(c1)OCO2)Oc1cccc2ccc(N)nc12. The lowest BCUT2D eigenvalue weighted by Crippen LogP contribution is -2.13.